The minimum absolute atomic E-state index is 0. The molecule has 1 heterocycles. The molecular weight excluding hydrogens is 496 g/mol. The van der Waals surface area contributed by atoms with Gasteiger partial charge in [-0.2, -0.15) is 0 Å². The van der Waals surface area contributed by atoms with Gasteiger partial charge in [0.05, 0.1) is 5.69 Å². The number of hydrogen-bond acceptors (Lipinski definition) is 9. The molecule has 3 rings (SSSR count). The van der Waals surface area contributed by atoms with Crippen molar-refractivity contribution in [3.8, 4) is 0 Å². The van der Waals surface area contributed by atoms with Gasteiger partial charge in [-0.15, -0.1) is 11.3 Å². The molecule has 0 bridgehead atoms. The van der Waals surface area contributed by atoms with Crippen LogP contribution >= 0.6 is 11.3 Å². The van der Waals surface area contributed by atoms with Crippen LogP contribution in [0.2, 0.25) is 0 Å². The first-order chi connectivity index (χ1) is 13.9. The van der Waals surface area contributed by atoms with Gasteiger partial charge in [0.1, 0.15) is 4.90 Å². The summed E-state index contributed by atoms with van der Waals surface area (Å²) in [5.41, 5.74) is 2.24. The van der Waals surface area contributed by atoms with Gasteiger partial charge in [-0.25, -0.2) is 13.6 Å². The second-order valence-corrected chi connectivity index (χ2v) is 9.34. The second-order valence-electron chi connectivity index (χ2n) is 5.96. The molecule has 0 atom stereocenters. The standard InChI is InChI=1S/C18H19N3O2S2.2Na.H2O4S/c1-21(15-6-3-2-4-7-15)17-12-14(9-10-18(17)25(19,22)23)20-13-16-8-5-11-24-16;;;1-5(2,3)4/h2-12,20H,13H2,1H3,(H2,19,22,23);;;(H2,1,2,3,4)/q;2*+1;/p-2. The van der Waals surface area contributed by atoms with Crippen molar-refractivity contribution in [3.63, 3.8) is 0 Å². The van der Waals surface area contributed by atoms with E-state index in [9.17, 15) is 8.42 Å². The van der Waals surface area contributed by atoms with Crippen LogP contribution < -0.4 is 74.5 Å². The minimum atomic E-state index is -5.17. The summed E-state index contributed by atoms with van der Waals surface area (Å²) in [5.74, 6) is 0. The predicted molar refractivity (Wildman–Crippen MR) is 114 cm³/mol. The number of para-hydroxylation sites is 1. The fourth-order valence-corrected chi connectivity index (χ4v) is 3.91. The van der Waals surface area contributed by atoms with Crippen LogP contribution in [0.3, 0.4) is 0 Å². The molecule has 9 nitrogen and oxygen atoms in total. The third-order valence-corrected chi connectivity index (χ3v) is 5.65. The average molecular weight is 516 g/mol. The van der Waals surface area contributed by atoms with E-state index in [2.05, 4.69) is 5.32 Å². The van der Waals surface area contributed by atoms with Crippen LogP contribution in [0.5, 0.6) is 0 Å². The third kappa shape index (κ3) is 11.1. The first-order valence-electron chi connectivity index (χ1n) is 8.34. The van der Waals surface area contributed by atoms with Crippen molar-refractivity contribution in [2.24, 2.45) is 5.14 Å². The van der Waals surface area contributed by atoms with Crippen molar-refractivity contribution >= 4 is 48.8 Å². The van der Waals surface area contributed by atoms with Gasteiger partial charge in [0.2, 0.25) is 10.0 Å². The van der Waals surface area contributed by atoms with Crippen LogP contribution in [-0.4, -0.2) is 33.0 Å². The van der Waals surface area contributed by atoms with Gasteiger partial charge in [0.15, 0.2) is 0 Å². The van der Waals surface area contributed by atoms with Crippen molar-refractivity contribution in [2.75, 3.05) is 17.3 Å². The normalized spacial score (nSPS) is 10.6. The predicted octanol–water partition coefficient (Wildman–Crippen LogP) is -3.55. The summed E-state index contributed by atoms with van der Waals surface area (Å²) >= 11 is 1.67. The molecule has 14 heteroatoms. The summed E-state index contributed by atoms with van der Waals surface area (Å²) in [6, 6.07) is 18.7. The Hall–Kier alpha value is -0.480. The first-order valence-corrected chi connectivity index (χ1v) is 12.1. The number of nitrogens with two attached hydrogens (primary N) is 1. The van der Waals surface area contributed by atoms with Gasteiger partial charge in [0, 0.05) is 40.2 Å². The van der Waals surface area contributed by atoms with Gasteiger partial charge in [-0.1, -0.05) is 24.3 Å². The molecule has 162 valence electrons. The second kappa shape index (κ2) is 14.0. The first kappa shape index (κ1) is 31.5. The molecule has 0 amide bonds. The maximum atomic E-state index is 12.0. The Bertz CT molecular complexity index is 1170. The van der Waals surface area contributed by atoms with Gasteiger partial charge in [0.25, 0.3) is 0 Å². The molecule has 0 saturated carbocycles. The zero-order valence-corrected chi connectivity index (χ0v) is 24.2. The van der Waals surface area contributed by atoms with E-state index >= 15 is 0 Å². The maximum Gasteiger partial charge on any atom is 1.00 e. The Morgan fingerprint density at radius 1 is 0.969 bits per heavy atom. The molecule has 3 N–H and O–H groups in total. The van der Waals surface area contributed by atoms with Gasteiger partial charge < -0.3 is 19.3 Å². The van der Waals surface area contributed by atoms with E-state index in [1.807, 2.05) is 59.8 Å². The van der Waals surface area contributed by atoms with Crippen molar-refractivity contribution in [2.45, 2.75) is 11.4 Å². The van der Waals surface area contributed by atoms with E-state index < -0.39 is 20.4 Å². The zero-order valence-electron chi connectivity index (χ0n) is 17.8. The van der Waals surface area contributed by atoms with E-state index in [-0.39, 0.29) is 64.0 Å². The Morgan fingerprint density at radius 3 is 2.06 bits per heavy atom. The summed E-state index contributed by atoms with van der Waals surface area (Å²) in [6.07, 6.45) is 0. The molecule has 3 aromatic rings. The van der Waals surface area contributed by atoms with Crippen LogP contribution in [0.1, 0.15) is 4.88 Å². The summed E-state index contributed by atoms with van der Waals surface area (Å²) in [4.78, 5) is 3.12. The number of hydrogen-bond donors (Lipinski definition) is 2. The summed E-state index contributed by atoms with van der Waals surface area (Å²) < 4.78 is 58.0. The van der Waals surface area contributed by atoms with E-state index in [0.29, 0.717) is 12.2 Å². The molecule has 0 spiro atoms. The van der Waals surface area contributed by atoms with Crippen molar-refractivity contribution in [3.05, 3.63) is 70.9 Å². The molecule has 0 unspecified atom stereocenters. The molecule has 0 saturated heterocycles. The summed E-state index contributed by atoms with van der Waals surface area (Å²) in [6.45, 7) is 0.681. The third-order valence-electron chi connectivity index (χ3n) is 3.82. The molecule has 0 aliphatic rings. The smallest absolute Gasteiger partial charge is 0.759 e. The number of rotatable bonds is 6. The molecule has 32 heavy (non-hydrogen) atoms. The zero-order chi connectivity index (χ0) is 22.4. The number of anilines is 3. The molecule has 0 aliphatic heterocycles. The quantitative estimate of drug-likeness (QED) is 0.194. The van der Waals surface area contributed by atoms with Crippen molar-refractivity contribution < 1.29 is 85.1 Å². The van der Waals surface area contributed by atoms with E-state index in [1.165, 1.54) is 4.88 Å². The Kier molecular flexibility index (Phi) is 13.8. The monoisotopic (exact) mass is 515 g/mol. The van der Waals surface area contributed by atoms with Crippen LogP contribution in [0, 0.1) is 0 Å². The van der Waals surface area contributed by atoms with Crippen LogP contribution in [0.15, 0.2) is 70.9 Å². The topological polar surface area (TPSA) is 156 Å². The average Bonchev–Trinajstić information content (AvgIpc) is 3.18. The fraction of sp³-hybridized carbons (Fsp3) is 0.111. The van der Waals surface area contributed by atoms with Gasteiger partial charge in [-0.05, 0) is 41.8 Å². The maximum absolute atomic E-state index is 12.0. The number of benzene rings is 2. The van der Waals surface area contributed by atoms with E-state index in [4.69, 9.17) is 22.7 Å². The minimum Gasteiger partial charge on any atom is -0.759 e. The van der Waals surface area contributed by atoms with Crippen LogP contribution in [0.4, 0.5) is 17.1 Å². The molecule has 0 radical (unpaired) electrons. The molecule has 2 aromatic carbocycles. The number of nitrogens with one attached hydrogen (secondary N) is 1. The van der Waals surface area contributed by atoms with Crippen molar-refractivity contribution in [1.82, 2.24) is 0 Å². The Morgan fingerprint density at radius 2 is 1.56 bits per heavy atom. The Labute approximate surface area is 236 Å². The molecular formula is C18H19N3Na2O6S3. The van der Waals surface area contributed by atoms with E-state index in [0.717, 1.165) is 11.4 Å². The fourth-order valence-electron chi connectivity index (χ4n) is 2.52. The Balaban J connectivity index is 0.00000124. The van der Waals surface area contributed by atoms with Gasteiger partial charge >= 0.3 is 59.1 Å². The summed E-state index contributed by atoms with van der Waals surface area (Å²) in [7, 11) is -7.17. The molecule has 1 aromatic heterocycles. The number of sulfonamides is 1. The van der Waals surface area contributed by atoms with Gasteiger partial charge in [-0.3, -0.25) is 8.42 Å². The number of thiophene rings is 1. The largest absolute Gasteiger partial charge is 1.00 e. The van der Waals surface area contributed by atoms with E-state index in [1.54, 1.807) is 29.5 Å². The van der Waals surface area contributed by atoms with Crippen molar-refractivity contribution in [1.29, 1.82) is 0 Å². The molecule has 0 fully saturated rings. The SMILES string of the molecule is CN(c1ccccc1)c1cc(NCc2cccs2)ccc1S(N)(=O)=O.O=S(=O)([O-])[O-].[Na+].[Na+]. The van der Waals surface area contributed by atoms with Crippen LogP contribution in [-0.2, 0) is 27.0 Å². The molecule has 0 aliphatic carbocycles. The van der Waals surface area contributed by atoms with Crippen LogP contribution in [0.25, 0.3) is 0 Å². The number of nitrogens with zero attached hydrogens (tertiary/aromatic N) is 1. The number of primary sulfonamides is 1. The summed E-state index contributed by atoms with van der Waals surface area (Å²) in [5, 5.41) is 10.7.